The first kappa shape index (κ1) is 14.2. The Balaban J connectivity index is 2.68. The zero-order chi connectivity index (χ0) is 12.3. The molecule has 0 aromatic carbocycles. The van der Waals surface area contributed by atoms with Crippen LogP contribution in [-0.4, -0.2) is 7.05 Å². The quantitative estimate of drug-likeness (QED) is 0.833. The molecule has 1 unspecified atom stereocenters. The van der Waals surface area contributed by atoms with Gasteiger partial charge < -0.3 is 5.32 Å². The van der Waals surface area contributed by atoms with E-state index in [1.165, 1.54) is 27.1 Å². The summed E-state index contributed by atoms with van der Waals surface area (Å²) < 4.78 is 1.26. The van der Waals surface area contributed by atoms with Crippen molar-refractivity contribution >= 4 is 27.3 Å². The lowest BCUT2D eigenvalue weighted by Gasteiger charge is -2.22. The predicted octanol–water partition coefficient (Wildman–Crippen LogP) is 4.91. The van der Waals surface area contributed by atoms with Crippen LogP contribution in [0.15, 0.2) is 9.85 Å². The molecule has 0 aliphatic rings. The SMILES string of the molecule is CNC(CCC(C)(C)C)c1cc(C)c(Br)s1. The molecule has 0 saturated carbocycles. The zero-order valence-corrected chi connectivity index (χ0v) is 13.3. The predicted molar refractivity (Wildman–Crippen MR) is 77.2 cm³/mol. The highest BCUT2D eigenvalue weighted by Crippen LogP contribution is 2.34. The van der Waals surface area contributed by atoms with Crippen molar-refractivity contribution in [3.8, 4) is 0 Å². The van der Waals surface area contributed by atoms with Crippen LogP contribution in [0.25, 0.3) is 0 Å². The van der Waals surface area contributed by atoms with Crippen molar-refractivity contribution in [2.24, 2.45) is 5.41 Å². The molecule has 0 radical (unpaired) electrons. The fourth-order valence-electron chi connectivity index (χ4n) is 1.66. The molecule has 0 aliphatic carbocycles. The number of halogens is 1. The molecule has 1 N–H and O–H groups in total. The summed E-state index contributed by atoms with van der Waals surface area (Å²) in [5.41, 5.74) is 1.76. The number of hydrogen-bond donors (Lipinski definition) is 1. The molecule has 1 heterocycles. The van der Waals surface area contributed by atoms with Crippen molar-refractivity contribution in [3.63, 3.8) is 0 Å². The van der Waals surface area contributed by atoms with E-state index < -0.39 is 0 Å². The second-order valence-electron chi connectivity index (χ2n) is 5.55. The van der Waals surface area contributed by atoms with Gasteiger partial charge in [0.05, 0.1) is 3.79 Å². The maximum absolute atomic E-state index is 3.59. The van der Waals surface area contributed by atoms with Crippen molar-refractivity contribution < 1.29 is 0 Å². The van der Waals surface area contributed by atoms with Crippen LogP contribution in [0.3, 0.4) is 0 Å². The van der Waals surface area contributed by atoms with Crippen LogP contribution in [0.4, 0.5) is 0 Å². The summed E-state index contributed by atoms with van der Waals surface area (Å²) in [5.74, 6) is 0. The summed E-state index contributed by atoms with van der Waals surface area (Å²) >= 11 is 5.45. The normalized spacial score (nSPS) is 14.1. The molecule has 16 heavy (non-hydrogen) atoms. The average molecular weight is 304 g/mol. The molecule has 1 nitrogen and oxygen atoms in total. The fourth-order valence-corrected chi connectivity index (χ4v) is 3.38. The Bertz CT molecular complexity index is 319. The Morgan fingerprint density at radius 2 is 2.06 bits per heavy atom. The van der Waals surface area contributed by atoms with Gasteiger partial charge in [0.15, 0.2) is 0 Å². The molecule has 92 valence electrons. The molecular formula is C13H22BrNS. The highest BCUT2D eigenvalue weighted by atomic mass is 79.9. The van der Waals surface area contributed by atoms with Gasteiger partial charge in [0.1, 0.15) is 0 Å². The van der Waals surface area contributed by atoms with Crippen LogP contribution >= 0.6 is 27.3 Å². The average Bonchev–Trinajstić information content (AvgIpc) is 2.46. The highest BCUT2D eigenvalue weighted by molar-refractivity contribution is 9.11. The molecule has 0 spiro atoms. The first-order valence-corrected chi connectivity index (χ1v) is 7.37. The van der Waals surface area contributed by atoms with E-state index in [4.69, 9.17) is 0 Å². The third-order valence-electron chi connectivity index (χ3n) is 2.75. The fraction of sp³-hybridized carbons (Fsp3) is 0.692. The summed E-state index contributed by atoms with van der Waals surface area (Å²) in [6, 6.07) is 2.78. The molecule has 0 fully saturated rings. The minimum atomic E-state index is 0.415. The second kappa shape index (κ2) is 5.65. The molecule has 0 aliphatic heterocycles. The maximum Gasteiger partial charge on any atom is 0.0731 e. The van der Waals surface area contributed by atoms with Crippen molar-refractivity contribution in [1.82, 2.24) is 5.32 Å². The van der Waals surface area contributed by atoms with E-state index >= 15 is 0 Å². The maximum atomic E-state index is 3.59. The largest absolute Gasteiger partial charge is 0.312 e. The van der Waals surface area contributed by atoms with Gasteiger partial charge >= 0.3 is 0 Å². The van der Waals surface area contributed by atoms with Crippen LogP contribution in [0.5, 0.6) is 0 Å². The Labute approximate surface area is 112 Å². The highest BCUT2D eigenvalue weighted by Gasteiger charge is 2.17. The van der Waals surface area contributed by atoms with Gasteiger partial charge in [-0.05, 0) is 59.8 Å². The van der Waals surface area contributed by atoms with E-state index in [9.17, 15) is 0 Å². The Morgan fingerprint density at radius 1 is 1.44 bits per heavy atom. The molecule has 1 aromatic heterocycles. The van der Waals surface area contributed by atoms with Crippen molar-refractivity contribution in [2.45, 2.75) is 46.6 Å². The van der Waals surface area contributed by atoms with E-state index in [2.05, 4.69) is 62.1 Å². The molecule has 0 saturated heterocycles. The van der Waals surface area contributed by atoms with Crippen LogP contribution in [0.1, 0.15) is 50.1 Å². The lowest BCUT2D eigenvalue weighted by atomic mass is 9.88. The van der Waals surface area contributed by atoms with Gasteiger partial charge in [-0.1, -0.05) is 20.8 Å². The molecule has 1 atom stereocenters. The van der Waals surface area contributed by atoms with Gasteiger partial charge in [0, 0.05) is 10.9 Å². The van der Waals surface area contributed by atoms with Gasteiger partial charge in [0.2, 0.25) is 0 Å². The third kappa shape index (κ3) is 4.19. The van der Waals surface area contributed by atoms with Crippen LogP contribution in [0.2, 0.25) is 0 Å². The molecule has 0 bridgehead atoms. The van der Waals surface area contributed by atoms with E-state index in [1.807, 2.05) is 11.3 Å². The van der Waals surface area contributed by atoms with Gasteiger partial charge in [-0.3, -0.25) is 0 Å². The van der Waals surface area contributed by atoms with Gasteiger partial charge in [-0.15, -0.1) is 11.3 Å². The van der Waals surface area contributed by atoms with Crippen molar-refractivity contribution in [3.05, 3.63) is 20.3 Å². The second-order valence-corrected chi connectivity index (χ2v) is 7.95. The van der Waals surface area contributed by atoms with Gasteiger partial charge in [-0.25, -0.2) is 0 Å². The minimum Gasteiger partial charge on any atom is -0.312 e. The van der Waals surface area contributed by atoms with Crippen LogP contribution in [-0.2, 0) is 0 Å². The van der Waals surface area contributed by atoms with Crippen LogP contribution < -0.4 is 5.32 Å². The molecule has 3 heteroatoms. The lowest BCUT2D eigenvalue weighted by Crippen LogP contribution is -2.18. The summed E-state index contributed by atoms with van der Waals surface area (Å²) in [7, 11) is 2.05. The lowest BCUT2D eigenvalue weighted by molar-refractivity contribution is 0.339. The molecule has 1 rings (SSSR count). The standard InChI is InChI=1S/C13H22BrNS/c1-9-8-11(16-12(9)14)10(15-5)6-7-13(2,3)4/h8,10,15H,6-7H2,1-5H3. The van der Waals surface area contributed by atoms with Gasteiger partial charge in [-0.2, -0.15) is 0 Å². The first-order chi connectivity index (χ1) is 7.33. The van der Waals surface area contributed by atoms with Gasteiger partial charge in [0.25, 0.3) is 0 Å². The Hall–Kier alpha value is 0.140. The zero-order valence-electron chi connectivity index (χ0n) is 10.9. The minimum absolute atomic E-state index is 0.415. The molecule has 0 amide bonds. The smallest absolute Gasteiger partial charge is 0.0731 e. The molecule has 1 aromatic rings. The topological polar surface area (TPSA) is 12.0 Å². The third-order valence-corrected chi connectivity index (χ3v) is 5.00. The summed E-state index contributed by atoms with van der Waals surface area (Å²) in [6.07, 6.45) is 2.44. The van der Waals surface area contributed by atoms with Crippen LogP contribution in [0, 0.1) is 12.3 Å². The monoisotopic (exact) mass is 303 g/mol. The van der Waals surface area contributed by atoms with E-state index in [1.54, 1.807) is 0 Å². The van der Waals surface area contributed by atoms with E-state index in [-0.39, 0.29) is 0 Å². The number of hydrogen-bond acceptors (Lipinski definition) is 2. The Morgan fingerprint density at radius 3 is 2.44 bits per heavy atom. The van der Waals surface area contributed by atoms with E-state index in [0.29, 0.717) is 11.5 Å². The molecular weight excluding hydrogens is 282 g/mol. The number of rotatable bonds is 4. The van der Waals surface area contributed by atoms with Crippen molar-refractivity contribution in [2.75, 3.05) is 7.05 Å². The number of aryl methyl sites for hydroxylation is 1. The van der Waals surface area contributed by atoms with E-state index in [0.717, 1.165) is 0 Å². The summed E-state index contributed by atoms with van der Waals surface area (Å²) in [4.78, 5) is 1.44. The summed E-state index contributed by atoms with van der Waals surface area (Å²) in [5, 5.41) is 3.42. The Kier molecular flexibility index (Phi) is 5.02. The number of thiophene rings is 1. The first-order valence-electron chi connectivity index (χ1n) is 5.76. The summed E-state index contributed by atoms with van der Waals surface area (Å²) in [6.45, 7) is 9.06. The number of nitrogens with one attached hydrogen (secondary N) is 1. The van der Waals surface area contributed by atoms with Crippen molar-refractivity contribution in [1.29, 1.82) is 0 Å².